The summed E-state index contributed by atoms with van der Waals surface area (Å²) in [6.07, 6.45) is -9.78. The van der Waals surface area contributed by atoms with Gasteiger partial charge in [0.05, 0.1) is 5.56 Å². The maximum Gasteiger partial charge on any atom is 0.422 e. The van der Waals surface area contributed by atoms with Crippen molar-refractivity contribution in [3.8, 4) is 0 Å². The largest absolute Gasteiger partial charge is 0.422 e. The normalized spacial score (nSPS) is 17.7. The number of nitrogens with two attached hydrogens (primary N) is 1. The second-order valence-corrected chi connectivity index (χ2v) is 4.58. The van der Waals surface area contributed by atoms with E-state index in [0.717, 1.165) is 13.8 Å². The molecule has 0 aliphatic rings. The van der Waals surface area contributed by atoms with Crippen molar-refractivity contribution in [1.29, 1.82) is 0 Å². The standard InChI is InChI=1S/C12H13F6NO/c1-6-5-8(11(13,14)15)3-4-9(6)10(20,7(2)19)12(16,17)18/h3-5,7,20H,19H2,1-2H3. The first kappa shape index (κ1) is 16.8. The molecule has 0 radical (unpaired) electrons. The van der Waals surface area contributed by atoms with E-state index in [9.17, 15) is 31.4 Å². The second-order valence-electron chi connectivity index (χ2n) is 4.58. The zero-order valence-corrected chi connectivity index (χ0v) is 10.6. The average Bonchev–Trinajstić information content (AvgIpc) is 2.24. The molecule has 0 spiro atoms. The van der Waals surface area contributed by atoms with Gasteiger partial charge in [0.1, 0.15) is 0 Å². The third-order valence-corrected chi connectivity index (χ3v) is 3.06. The fourth-order valence-electron chi connectivity index (χ4n) is 1.92. The number of halogens is 6. The lowest BCUT2D eigenvalue weighted by Gasteiger charge is -2.35. The molecule has 0 fully saturated rings. The van der Waals surface area contributed by atoms with Crippen molar-refractivity contribution in [2.24, 2.45) is 5.73 Å². The number of hydrogen-bond acceptors (Lipinski definition) is 2. The number of hydrogen-bond donors (Lipinski definition) is 2. The van der Waals surface area contributed by atoms with Gasteiger partial charge in [-0.15, -0.1) is 0 Å². The summed E-state index contributed by atoms with van der Waals surface area (Å²) in [5.41, 5.74) is -0.325. The fourth-order valence-corrected chi connectivity index (χ4v) is 1.92. The van der Waals surface area contributed by atoms with Gasteiger partial charge >= 0.3 is 12.4 Å². The Morgan fingerprint density at radius 2 is 1.60 bits per heavy atom. The Morgan fingerprint density at radius 3 is 1.90 bits per heavy atom. The molecule has 2 nitrogen and oxygen atoms in total. The SMILES string of the molecule is Cc1cc(C(F)(F)F)ccc1C(O)(C(C)N)C(F)(F)F. The number of alkyl halides is 6. The summed E-state index contributed by atoms with van der Waals surface area (Å²) >= 11 is 0. The number of aryl methyl sites for hydroxylation is 1. The minimum absolute atomic E-state index is 0.336. The van der Waals surface area contributed by atoms with Crippen LogP contribution < -0.4 is 5.73 Å². The predicted octanol–water partition coefficient (Wildman–Crippen LogP) is 3.11. The van der Waals surface area contributed by atoms with Crippen LogP contribution in [-0.2, 0) is 11.8 Å². The quantitative estimate of drug-likeness (QED) is 0.825. The fraction of sp³-hybridized carbons (Fsp3) is 0.500. The van der Waals surface area contributed by atoms with Gasteiger partial charge in [-0.3, -0.25) is 0 Å². The number of aliphatic hydroxyl groups is 1. The Bertz CT molecular complexity index is 494. The van der Waals surface area contributed by atoms with Crippen LogP contribution in [0, 0.1) is 6.92 Å². The smallest absolute Gasteiger partial charge is 0.375 e. The highest BCUT2D eigenvalue weighted by Gasteiger charge is 2.58. The van der Waals surface area contributed by atoms with Gasteiger partial charge in [-0.2, -0.15) is 26.3 Å². The van der Waals surface area contributed by atoms with Crippen LogP contribution in [0.5, 0.6) is 0 Å². The lowest BCUT2D eigenvalue weighted by molar-refractivity contribution is -0.273. The van der Waals surface area contributed by atoms with E-state index in [1.165, 1.54) is 0 Å². The summed E-state index contributed by atoms with van der Waals surface area (Å²) in [5, 5.41) is 9.84. The predicted molar refractivity (Wildman–Crippen MR) is 59.8 cm³/mol. The van der Waals surface area contributed by atoms with Gasteiger partial charge in [0, 0.05) is 6.04 Å². The first-order valence-corrected chi connectivity index (χ1v) is 5.54. The Hall–Kier alpha value is -1.28. The van der Waals surface area contributed by atoms with Gasteiger partial charge in [-0.25, -0.2) is 0 Å². The highest BCUT2D eigenvalue weighted by molar-refractivity contribution is 5.38. The van der Waals surface area contributed by atoms with Crippen LogP contribution in [0.3, 0.4) is 0 Å². The molecule has 0 aliphatic carbocycles. The summed E-state index contributed by atoms with van der Waals surface area (Å²) < 4.78 is 76.4. The van der Waals surface area contributed by atoms with Crippen molar-refractivity contribution in [3.05, 3.63) is 34.9 Å². The average molecular weight is 301 g/mol. The van der Waals surface area contributed by atoms with E-state index in [1.54, 1.807) is 0 Å². The lowest BCUT2D eigenvalue weighted by atomic mass is 9.83. The molecule has 1 aromatic rings. The molecular formula is C12H13F6NO. The molecule has 8 heteroatoms. The van der Waals surface area contributed by atoms with E-state index in [4.69, 9.17) is 5.73 Å². The highest BCUT2D eigenvalue weighted by atomic mass is 19.4. The molecule has 0 saturated heterocycles. The molecule has 2 unspecified atom stereocenters. The highest BCUT2D eigenvalue weighted by Crippen LogP contribution is 2.43. The Kier molecular flexibility index (Phi) is 4.13. The molecule has 0 aromatic heterocycles. The number of benzene rings is 1. The molecule has 0 saturated carbocycles. The Morgan fingerprint density at radius 1 is 1.10 bits per heavy atom. The maximum absolute atomic E-state index is 13.0. The summed E-state index contributed by atoms with van der Waals surface area (Å²) in [7, 11) is 0. The second kappa shape index (κ2) is 4.92. The number of rotatable bonds is 2. The van der Waals surface area contributed by atoms with E-state index < -0.39 is 35.1 Å². The van der Waals surface area contributed by atoms with Gasteiger partial charge in [-0.1, -0.05) is 6.07 Å². The Labute approximate surface area is 111 Å². The minimum atomic E-state index is -5.11. The molecule has 1 aromatic carbocycles. The zero-order valence-electron chi connectivity index (χ0n) is 10.6. The lowest BCUT2D eigenvalue weighted by Crippen LogP contribution is -2.54. The summed E-state index contributed by atoms with van der Waals surface area (Å²) in [6, 6.07) is -0.0943. The molecule has 0 heterocycles. The topological polar surface area (TPSA) is 46.2 Å². The van der Waals surface area contributed by atoms with E-state index in [2.05, 4.69) is 0 Å². The van der Waals surface area contributed by atoms with Crippen LogP contribution in [0.4, 0.5) is 26.3 Å². The van der Waals surface area contributed by atoms with Crippen molar-refractivity contribution in [2.45, 2.75) is 37.8 Å². The zero-order chi connectivity index (χ0) is 15.9. The van der Waals surface area contributed by atoms with Crippen molar-refractivity contribution >= 4 is 0 Å². The van der Waals surface area contributed by atoms with Crippen molar-refractivity contribution in [2.75, 3.05) is 0 Å². The molecule has 0 amide bonds. The maximum atomic E-state index is 13.0. The van der Waals surface area contributed by atoms with Crippen LogP contribution in [0.1, 0.15) is 23.6 Å². The molecule has 0 aliphatic heterocycles. The van der Waals surface area contributed by atoms with Crippen molar-refractivity contribution in [1.82, 2.24) is 0 Å². The van der Waals surface area contributed by atoms with E-state index in [0.29, 0.717) is 18.2 Å². The van der Waals surface area contributed by atoms with Gasteiger partial charge in [0.25, 0.3) is 0 Å². The van der Waals surface area contributed by atoms with Gasteiger partial charge in [-0.05, 0) is 37.1 Å². The van der Waals surface area contributed by atoms with Crippen LogP contribution in [0.25, 0.3) is 0 Å². The third-order valence-electron chi connectivity index (χ3n) is 3.06. The van der Waals surface area contributed by atoms with Crippen molar-refractivity contribution < 1.29 is 31.4 Å². The van der Waals surface area contributed by atoms with Crippen LogP contribution in [0.15, 0.2) is 18.2 Å². The first-order chi connectivity index (χ1) is 8.81. The molecule has 2 atom stereocenters. The van der Waals surface area contributed by atoms with Crippen molar-refractivity contribution in [3.63, 3.8) is 0 Å². The monoisotopic (exact) mass is 301 g/mol. The van der Waals surface area contributed by atoms with E-state index >= 15 is 0 Å². The minimum Gasteiger partial charge on any atom is -0.375 e. The molecule has 20 heavy (non-hydrogen) atoms. The van der Waals surface area contributed by atoms with Crippen LogP contribution in [-0.4, -0.2) is 17.3 Å². The summed E-state index contributed by atoms with van der Waals surface area (Å²) in [6.45, 7) is 1.99. The third kappa shape index (κ3) is 2.76. The molecular weight excluding hydrogens is 288 g/mol. The van der Waals surface area contributed by atoms with Crippen LogP contribution in [0.2, 0.25) is 0 Å². The van der Waals surface area contributed by atoms with E-state index in [-0.39, 0.29) is 5.56 Å². The molecule has 1 rings (SSSR count). The van der Waals surface area contributed by atoms with Gasteiger partial charge in [0.15, 0.2) is 0 Å². The Balaban J connectivity index is 3.46. The first-order valence-electron chi connectivity index (χ1n) is 5.54. The summed E-state index contributed by atoms with van der Waals surface area (Å²) in [5.74, 6) is 0. The molecule has 3 N–H and O–H groups in total. The van der Waals surface area contributed by atoms with Gasteiger partial charge < -0.3 is 10.8 Å². The summed E-state index contributed by atoms with van der Waals surface area (Å²) in [4.78, 5) is 0. The molecule has 0 bridgehead atoms. The van der Waals surface area contributed by atoms with Crippen LogP contribution >= 0.6 is 0 Å². The van der Waals surface area contributed by atoms with E-state index in [1.807, 2.05) is 0 Å². The van der Waals surface area contributed by atoms with Gasteiger partial charge in [0.2, 0.25) is 5.60 Å². The molecule has 114 valence electrons.